The van der Waals surface area contributed by atoms with Gasteiger partial charge in [-0.2, -0.15) is 0 Å². The van der Waals surface area contributed by atoms with Crippen molar-refractivity contribution in [1.29, 1.82) is 0 Å². The number of ether oxygens (including phenoxy) is 1. The van der Waals surface area contributed by atoms with E-state index in [2.05, 4.69) is 0 Å². The monoisotopic (exact) mass is 467 g/mol. The number of carbonyl (C=O) groups excluding carboxylic acids is 3. The summed E-state index contributed by atoms with van der Waals surface area (Å²) >= 11 is 0. The molecule has 3 fully saturated rings. The SMILES string of the molecule is O=C(NO)C1CC2(CC2)CN(C(=O)OC2CCCCC2)C1C(=O)N1CC=C(c2ccccc2)C1. The van der Waals surface area contributed by atoms with Crippen molar-refractivity contribution in [3.05, 3.63) is 42.0 Å². The summed E-state index contributed by atoms with van der Waals surface area (Å²) in [5, 5.41) is 9.45. The fourth-order valence-corrected chi connectivity index (χ4v) is 5.83. The van der Waals surface area contributed by atoms with Gasteiger partial charge in [-0.1, -0.05) is 42.8 Å². The lowest BCUT2D eigenvalue weighted by Crippen LogP contribution is -2.62. The van der Waals surface area contributed by atoms with Crippen molar-refractivity contribution >= 4 is 23.5 Å². The van der Waals surface area contributed by atoms with Gasteiger partial charge >= 0.3 is 6.09 Å². The Morgan fingerprint density at radius 3 is 2.47 bits per heavy atom. The number of rotatable bonds is 4. The van der Waals surface area contributed by atoms with Crippen LogP contribution in [0.25, 0.3) is 5.57 Å². The molecule has 2 aliphatic carbocycles. The molecule has 2 N–H and O–H groups in total. The number of nitrogens with one attached hydrogen (secondary N) is 1. The van der Waals surface area contributed by atoms with E-state index >= 15 is 0 Å². The highest BCUT2D eigenvalue weighted by molar-refractivity contribution is 5.94. The second-order valence-electron chi connectivity index (χ2n) is 10.3. The number of likely N-dealkylation sites (tertiary alicyclic amines) is 1. The van der Waals surface area contributed by atoms with Crippen molar-refractivity contribution in [2.45, 2.75) is 63.5 Å². The predicted molar refractivity (Wildman–Crippen MR) is 125 cm³/mol. The summed E-state index contributed by atoms with van der Waals surface area (Å²) in [5.74, 6) is -1.70. The Kier molecular flexibility index (Phi) is 6.34. The zero-order chi connectivity index (χ0) is 23.7. The van der Waals surface area contributed by atoms with E-state index in [1.807, 2.05) is 36.4 Å². The second-order valence-corrected chi connectivity index (χ2v) is 10.3. The van der Waals surface area contributed by atoms with E-state index < -0.39 is 24.0 Å². The van der Waals surface area contributed by atoms with Gasteiger partial charge in [0.15, 0.2) is 0 Å². The maximum Gasteiger partial charge on any atom is 0.410 e. The highest BCUT2D eigenvalue weighted by Gasteiger charge is 2.58. The van der Waals surface area contributed by atoms with Gasteiger partial charge in [0.05, 0.1) is 5.92 Å². The van der Waals surface area contributed by atoms with Gasteiger partial charge in [-0.3, -0.25) is 19.7 Å². The minimum absolute atomic E-state index is 0.141. The van der Waals surface area contributed by atoms with E-state index in [0.717, 1.165) is 56.1 Å². The summed E-state index contributed by atoms with van der Waals surface area (Å²) in [6, 6.07) is 8.90. The van der Waals surface area contributed by atoms with Crippen LogP contribution < -0.4 is 5.48 Å². The van der Waals surface area contributed by atoms with E-state index in [4.69, 9.17) is 4.74 Å². The number of piperidine rings is 1. The summed E-state index contributed by atoms with van der Waals surface area (Å²) in [4.78, 5) is 43.1. The van der Waals surface area contributed by atoms with E-state index in [0.29, 0.717) is 26.1 Å². The molecule has 8 heteroatoms. The number of nitrogens with zero attached hydrogens (tertiary/aromatic N) is 2. The minimum atomic E-state index is -0.988. The molecule has 2 atom stereocenters. The van der Waals surface area contributed by atoms with Crippen LogP contribution >= 0.6 is 0 Å². The lowest BCUT2D eigenvalue weighted by Gasteiger charge is -2.44. The fourth-order valence-electron chi connectivity index (χ4n) is 5.83. The molecule has 0 aromatic heterocycles. The molecular formula is C26H33N3O5. The van der Waals surface area contributed by atoms with Gasteiger partial charge in [0.2, 0.25) is 11.8 Å². The summed E-state index contributed by atoms with van der Waals surface area (Å²) in [6.07, 6.45) is 8.52. The van der Waals surface area contributed by atoms with Crippen LogP contribution in [0, 0.1) is 11.3 Å². The van der Waals surface area contributed by atoms with E-state index in [-0.39, 0.29) is 17.4 Å². The third kappa shape index (κ3) is 4.56. The van der Waals surface area contributed by atoms with Crippen LogP contribution in [-0.2, 0) is 14.3 Å². The Labute approximate surface area is 199 Å². The highest BCUT2D eigenvalue weighted by atomic mass is 16.6. The first-order valence-electron chi connectivity index (χ1n) is 12.4. The molecule has 2 heterocycles. The number of hydrogen-bond acceptors (Lipinski definition) is 5. The number of benzene rings is 1. The quantitative estimate of drug-likeness (QED) is 0.523. The average Bonchev–Trinajstić information content (AvgIpc) is 3.42. The standard InChI is InChI=1S/C26H33N3O5/c30-23(27-33)21-15-26(12-13-26)17-29(25(32)34-20-9-5-2-6-10-20)22(21)24(31)28-14-11-19(16-28)18-7-3-1-4-8-18/h1,3-4,7-8,11,20-22,33H,2,5-6,9-10,12-17H2,(H,27,30). The summed E-state index contributed by atoms with van der Waals surface area (Å²) in [7, 11) is 0. The number of hydrogen-bond donors (Lipinski definition) is 2. The summed E-state index contributed by atoms with van der Waals surface area (Å²) < 4.78 is 5.86. The Morgan fingerprint density at radius 2 is 1.79 bits per heavy atom. The third-order valence-electron chi connectivity index (χ3n) is 7.96. The predicted octanol–water partition coefficient (Wildman–Crippen LogP) is 3.36. The first-order valence-corrected chi connectivity index (χ1v) is 12.4. The zero-order valence-electron chi connectivity index (χ0n) is 19.4. The average molecular weight is 468 g/mol. The molecule has 1 aromatic rings. The molecule has 1 spiro atoms. The molecule has 2 aliphatic heterocycles. The van der Waals surface area contributed by atoms with Crippen molar-refractivity contribution in [1.82, 2.24) is 15.3 Å². The molecular weight excluding hydrogens is 434 g/mol. The van der Waals surface area contributed by atoms with Crippen molar-refractivity contribution in [3.8, 4) is 0 Å². The Bertz CT molecular complexity index is 968. The summed E-state index contributed by atoms with van der Waals surface area (Å²) in [5.41, 5.74) is 3.68. The normalized spacial score (nSPS) is 26.2. The maximum absolute atomic E-state index is 13.8. The molecule has 2 saturated carbocycles. The molecule has 2 unspecified atom stereocenters. The molecule has 8 nitrogen and oxygen atoms in total. The number of amides is 3. The Balaban J connectivity index is 1.38. The van der Waals surface area contributed by atoms with Gasteiger partial charge in [0.25, 0.3) is 0 Å². The Morgan fingerprint density at radius 1 is 1.06 bits per heavy atom. The van der Waals surface area contributed by atoms with Crippen LogP contribution in [-0.4, -0.2) is 64.7 Å². The van der Waals surface area contributed by atoms with Gasteiger partial charge < -0.3 is 9.64 Å². The maximum atomic E-state index is 13.8. The molecule has 1 saturated heterocycles. The lowest BCUT2D eigenvalue weighted by atomic mass is 9.80. The third-order valence-corrected chi connectivity index (χ3v) is 7.96. The number of carbonyl (C=O) groups is 3. The van der Waals surface area contributed by atoms with E-state index in [1.54, 1.807) is 10.4 Å². The highest BCUT2D eigenvalue weighted by Crippen LogP contribution is 2.55. The van der Waals surface area contributed by atoms with Crippen molar-refractivity contribution in [2.24, 2.45) is 11.3 Å². The number of hydroxylamine groups is 1. The zero-order valence-corrected chi connectivity index (χ0v) is 19.4. The van der Waals surface area contributed by atoms with Crippen LogP contribution in [0.2, 0.25) is 0 Å². The van der Waals surface area contributed by atoms with Gasteiger partial charge in [-0.05, 0) is 61.5 Å². The van der Waals surface area contributed by atoms with Crippen LogP contribution in [0.3, 0.4) is 0 Å². The van der Waals surface area contributed by atoms with Crippen molar-refractivity contribution < 1.29 is 24.3 Å². The van der Waals surface area contributed by atoms with Crippen LogP contribution in [0.1, 0.15) is 56.9 Å². The van der Waals surface area contributed by atoms with Gasteiger partial charge in [-0.15, -0.1) is 0 Å². The van der Waals surface area contributed by atoms with E-state index in [9.17, 15) is 19.6 Å². The van der Waals surface area contributed by atoms with Crippen LogP contribution in [0.15, 0.2) is 36.4 Å². The molecule has 3 amide bonds. The van der Waals surface area contributed by atoms with Crippen LogP contribution in [0.5, 0.6) is 0 Å². The smallest absolute Gasteiger partial charge is 0.410 e. The molecule has 5 rings (SSSR count). The molecule has 0 radical (unpaired) electrons. The van der Waals surface area contributed by atoms with Gasteiger partial charge in [0.1, 0.15) is 12.1 Å². The molecule has 34 heavy (non-hydrogen) atoms. The van der Waals surface area contributed by atoms with Gasteiger partial charge in [0, 0.05) is 19.6 Å². The van der Waals surface area contributed by atoms with Crippen molar-refractivity contribution in [3.63, 3.8) is 0 Å². The van der Waals surface area contributed by atoms with Gasteiger partial charge in [-0.25, -0.2) is 10.3 Å². The van der Waals surface area contributed by atoms with E-state index in [1.165, 1.54) is 4.90 Å². The first kappa shape index (κ1) is 22.9. The summed E-state index contributed by atoms with van der Waals surface area (Å²) in [6.45, 7) is 1.25. The first-order chi connectivity index (χ1) is 16.5. The minimum Gasteiger partial charge on any atom is -0.446 e. The van der Waals surface area contributed by atoms with Crippen molar-refractivity contribution in [2.75, 3.05) is 19.6 Å². The fraction of sp³-hybridized carbons (Fsp3) is 0.577. The topological polar surface area (TPSA) is 99.2 Å². The Hall–Kier alpha value is -2.87. The lowest BCUT2D eigenvalue weighted by molar-refractivity contribution is -0.149. The van der Waals surface area contributed by atoms with Crippen LogP contribution in [0.4, 0.5) is 4.79 Å². The molecule has 182 valence electrons. The molecule has 0 bridgehead atoms. The second kappa shape index (κ2) is 9.41. The molecule has 4 aliphatic rings. The molecule has 1 aromatic carbocycles. The largest absolute Gasteiger partial charge is 0.446 e.